The topological polar surface area (TPSA) is 26.0 Å². The summed E-state index contributed by atoms with van der Waals surface area (Å²) < 4.78 is 14.0. The first-order valence-corrected chi connectivity index (χ1v) is 7.66. The summed E-state index contributed by atoms with van der Waals surface area (Å²) in [7, 11) is 0. The first kappa shape index (κ1) is 14.0. The Bertz CT molecular complexity index is 442. The summed E-state index contributed by atoms with van der Waals surface area (Å²) in [5.74, 6) is -0.193. The molecule has 0 saturated carbocycles. The molecule has 1 atom stereocenters. The minimum atomic E-state index is -0.193. The molecule has 0 aliphatic heterocycles. The summed E-state index contributed by atoms with van der Waals surface area (Å²) in [6, 6.07) is 4.80. The molecule has 0 heterocycles. The van der Waals surface area contributed by atoms with Gasteiger partial charge in [-0.25, -0.2) is 4.39 Å². The number of benzene rings is 1. The van der Waals surface area contributed by atoms with E-state index in [9.17, 15) is 4.39 Å². The SMILES string of the molecule is NC(/C1=C/CCCCCC1)c1ccc(F)cc1I. The van der Waals surface area contributed by atoms with Gasteiger partial charge in [-0.15, -0.1) is 0 Å². The third kappa shape index (κ3) is 3.54. The number of hydrogen-bond donors (Lipinski definition) is 1. The van der Waals surface area contributed by atoms with E-state index in [2.05, 4.69) is 28.7 Å². The average molecular weight is 359 g/mol. The number of allylic oxidation sites excluding steroid dienone is 1. The van der Waals surface area contributed by atoms with Crippen molar-refractivity contribution in [1.29, 1.82) is 0 Å². The highest BCUT2D eigenvalue weighted by Gasteiger charge is 2.15. The summed E-state index contributed by atoms with van der Waals surface area (Å²) in [5.41, 5.74) is 8.71. The number of nitrogens with two attached hydrogens (primary N) is 1. The van der Waals surface area contributed by atoms with Crippen LogP contribution in [0.1, 0.15) is 50.1 Å². The van der Waals surface area contributed by atoms with E-state index >= 15 is 0 Å². The fraction of sp³-hybridized carbons (Fsp3) is 0.467. The second-order valence-electron chi connectivity index (χ2n) is 4.88. The lowest BCUT2D eigenvalue weighted by molar-refractivity contribution is 0.600. The molecule has 0 radical (unpaired) electrons. The van der Waals surface area contributed by atoms with Crippen molar-refractivity contribution >= 4 is 22.6 Å². The molecule has 0 saturated heterocycles. The third-order valence-electron chi connectivity index (χ3n) is 3.52. The van der Waals surface area contributed by atoms with Crippen LogP contribution in [-0.2, 0) is 0 Å². The van der Waals surface area contributed by atoms with Crippen LogP contribution in [0.4, 0.5) is 4.39 Å². The van der Waals surface area contributed by atoms with Gasteiger partial charge >= 0.3 is 0 Å². The van der Waals surface area contributed by atoms with Crippen LogP contribution in [0.5, 0.6) is 0 Å². The molecule has 1 aliphatic carbocycles. The molecule has 1 nitrogen and oxygen atoms in total. The Labute approximate surface area is 122 Å². The van der Waals surface area contributed by atoms with E-state index in [4.69, 9.17) is 5.73 Å². The second kappa shape index (κ2) is 6.66. The summed E-state index contributed by atoms with van der Waals surface area (Å²) in [6.07, 6.45) is 9.60. The van der Waals surface area contributed by atoms with Crippen molar-refractivity contribution in [3.63, 3.8) is 0 Å². The van der Waals surface area contributed by atoms with Gasteiger partial charge in [0.2, 0.25) is 0 Å². The number of halogens is 2. The fourth-order valence-corrected chi connectivity index (χ4v) is 3.27. The van der Waals surface area contributed by atoms with E-state index in [0.717, 1.165) is 22.0 Å². The average Bonchev–Trinajstić information content (AvgIpc) is 2.27. The van der Waals surface area contributed by atoms with Crippen LogP contribution < -0.4 is 5.73 Å². The predicted molar refractivity (Wildman–Crippen MR) is 81.8 cm³/mol. The molecule has 1 aromatic rings. The summed E-state index contributed by atoms with van der Waals surface area (Å²) in [5, 5.41) is 0. The molecular weight excluding hydrogens is 340 g/mol. The largest absolute Gasteiger partial charge is 0.321 e. The molecule has 1 aliphatic rings. The molecule has 0 spiro atoms. The summed E-state index contributed by atoms with van der Waals surface area (Å²) in [6.45, 7) is 0. The minimum Gasteiger partial charge on any atom is -0.321 e. The van der Waals surface area contributed by atoms with E-state index in [0.29, 0.717) is 0 Å². The van der Waals surface area contributed by atoms with Crippen molar-refractivity contribution in [3.05, 3.63) is 44.8 Å². The van der Waals surface area contributed by atoms with Crippen molar-refractivity contribution in [2.75, 3.05) is 0 Å². The van der Waals surface area contributed by atoms with E-state index < -0.39 is 0 Å². The zero-order chi connectivity index (χ0) is 13.0. The van der Waals surface area contributed by atoms with Crippen LogP contribution in [0.15, 0.2) is 29.8 Å². The molecule has 0 fully saturated rings. The van der Waals surface area contributed by atoms with Crippen molar-refractivity contribution in [2.45, 2.75) is 44.6 Å². The van der Waals surface area contributed by atoms with Crippen LogP contribution in [0.25, 0.3) is 0 Å². The molecule has 18 heavy (non-hydrogen) atoms. The fourth-order valence-electron chi connectivity index (χ4n) is 2.45. The van der Waals surface area contributed by atoms with Gasteiger partial charge < -0.3 is 5.73 Å². The van der Waals surface area contributed by atoms with E-state index in [1.807, 2.05) is 6.07 Å². The Morgan fingerprint density at radius 2 is 1.94 bits per heavy atom. The molecule has 1 aromatic carbocycles. The number of rotatable bonds is 2. The Morgan fingerprint density at radius 3 is 2.72 bits per heavy atom. The lowest BCUT2D eigenvalue weighted by Gasteiger charge is -2.20. The highest BCUT2D eigenvalue weighted by Crippen LogP contribution is 2.29. The molecule has 1 unspecified atom stereocenters. The monoisotopic (exact) mass is 359 g/mol. The molecule has 0 bridgehead atoms. The van der Waals surface area contributed by atoms with Gasteiger partial charge in [0, 0.05) is 3.57 Å². The molecule has 3 heteroatoms. The lowest BCUT2D eigenvalue weighted by atomic mass is 9.91. The minimum absolute atomic E-state index is 0.0735. The molecule has 0 amide bonds. The Balaban J connectivity index is 2.20. The second-order valence-corrected chi connectivity index (χ2v) is 6.04. The maximum atomic E-state index is 13.1. The molecule has 2 N–H and O–H groups in total. The maximum Gasteiger partial charge on any atom is 0.124 e. The maximum absolute atomic E-state index is 13.1. The number of hydrogen-bond acceptors (Lipinski definition) is 1. The zero-order valence-electron chi connectivity index (χ0n) is 10.5. The normalized spacial score (nSPS) is 21.6. The summed E-state index contributed by atoms with van der Waals surface area (Å²) >= 11 is 2.17. The van der Waals surface area contributed by atoms with Crippen molar-refractivity contribution in [3.8, 4) is 0 Å². The lowest BCUT2D eigenvalue weighted by Crippen LogP contribution is -2.15. The van der Waals surface area contributed by atoms with Crippen LogP contribution in [0.2, 0.25) is 0 Å². The van der Waals surface area contributed by atoms with Gasteiger partial charge in [-0.2, -0.15) is 0 Å². The van der Waals surface area contributed by atoms with Crippen LogP contribution in [-0.4, -0.2) is 0 Å². The molecule has 0 aromatic heterocycles. The van der Waals surface area contributed by atoms with Crippen LogP contribution in [0, 0.1) is 9.39 Å². The molecule has 2 rings (SSSR count). The van der Waals surface area contributed by atoms with E-state index in [1.54, 1.807) is 6.07 Å². The van der Waals surface area contributed by atoms with Gasteiger partial charge in [-0.1, -0.05) is 30.6 Å². The van der Waals surface area contributed by atoms with Crippen molar-refractivity contribution in [1.82, 2.24) is 0 Å². The zero-order valence-corrected chi connectivity index (χ0v) is 12.6. The van der Waals surface area contributed by atoms with Gasteiger partial charge in [-0.3, -0.25) is 0 Å². The Kier molecular flexibility index (Phi) is 5.18. The molecular formula is C15H19FIN. The standard InChI is InChI=1S/C15H19FIN/c16-12-8-9-13(14(17)10-12)15(18)11-6-4-2-1-3-5-7-11/h6,8-10,15H,1-5,7,18H2/b11-6+. The van der Waals surface area contributed by atoms with Gasteiger partial charge in [0.05, 0.1) is 6.04 Å². The summed E-state index contributed by atoms with van der Waals surface area (Å²) in [4.78, 5) is 0. The Morgan fingerprint density at radius 1 is 1.17 bits per heavy atom. The third-order valence-corrected chi connectivity index (χ3v) is 4.46. The van der Waals surface area contributed by atoms with E-state index in [1.165, 1.54) is 37.3 Å². The Hall–Kier alpha value is -0.420. The van der Waals surface area contributed by atoms with Gasteiger partial charge in [0.25, 0.3) is 0 Å². The van der Waals surface area contributed by atoms with Crippen LogP contribution >= 0.6 is 22.6 Å². The predicted octanol–water partition coefficient (Wildman–Crippen LogP) is 4.71. The van der Waals surface area contributed by atoms with Crippen molar-refractivity contribution in [2.24, 2.45) is 5.73 Å². The molecule has 98 valence electrons. The van der Waals surface area contributed by atoms with Gasteiger partial charge in [0.15, 0.2) is 0 Å². The van der Waals surface area contributed by atoms with Crippen molar-refractivity contribution < 1.29 is 4.39 Å². The quantitative estimate of drug-likeness (QED) is 0.601. The van der Waals surface area contributed by atoms with Gasteiger partial charge in [-0.05, 0) is 66.0 Å². The first-order valence-electron chi connectivity index (χ1n) is 6.58. The van der Waals surface area contributed by atoms with Crippen LogP contribution in [0.3, 0.4) is 0 Å². The van der Waals surface area contributed by atoms with E-state index in [-0.39, 0.29) is 11.9 Å². The van der Waals surface area contributed by atoms with Gasteiger partial charge in [0.1, 0.15) is 5.82 Å². The smallest absolute Gasteiger partial charge is 0.124 e. The highest BCUT2D eigenvalue weighted by atomic mass is 127. The highest BCUT2D eigenvalue weighted by molar-refractivity contribution is 14.1. The first-order chi connectivity index (χ1) is 8.68.